The van der Waals surface area contributed by atoms with Crippen molar-refractivity contribution in [2.24, 2.45) is 4.99 Å². The summed E-state index contributed by atoms with van der Waals surface area (Å²) in [6.07, 6.45) is 9.96. The van der Waals surface area contributed by atoms with Crippen LogP contribution >= 0.6 is 0 Å². The predicted molar refractivity (Wildman–Crippen MR) is 103 cm³/mol. The van der Waals surface area contributed by atoms with Gasteiger partial charge in [0.2, 0.25) is 5.91 Å². The molecule has 1 atom stereocenters. The molecular formula is C20H20N6O. The molecule has 0 fully saturated rings. The number of carbonyl (C=O) groups excluding carboxylic acids is 1. The van der Waals surface area contributed by atoms with Crippen LogP contribution in [0.1, 0.15) is 24.6 Å². The fraction of sp³-hybridized carbons (Fsp3) is 0.300. The summed E-state index contributed by atoms with van der Waals surface area (Å²) < 4.78 is 2.10. The van der Waals surface area contributed by atoms with Crippen molar-refractivity contribution in [2.45, 2.75) is 32.5 Å². The Morgan fingerprint density at radius 2 is 2.22 bits per heavy atom. The lowest BCUT2D eigenvalue weighted by atomic mass is 9.98. The number of allylic oxidation sites excluding steroid dienone is 2. The summed E-state index contributed by atoms with van der Waals surface area (Å²) in [6, 6.07) is 5.90. The summed E-state index contributed by atoms with van der Waals surface area (Å²) in [5, 5.41) is 7.82. The highest BCUT2D eigenvalue weighted by Gasteiger charge is 2.31. The topological polar surface area (TPSA) is 75.4 Å². The third-order valence-electron chi connectivity index (χ3n) is 5.12. The Morgan fingerprint density at radius 1 is 1.30 bits per heavy atom. The van der Waals surface area contributed by atoms with Gasteiger partial charge in [-0.25, -0.2) is 0 Å². The maximum absolute atomic E-state index is 11.5. The van der Waals surface area contributed by atoms with Crippen molar-refractivity contribution in [3.8, 4) is 11.4 Å². The predicted octanol–water partition coefficient (Wildman–Crippen LogP) is 1.98. The maximum atomic E-state index is 11.5. The number of rotatable bonds is 3. The molecule has 0 aliphatic carbocycles. The molecule has 136 valence electrons. The zero-order valence-electron chi connectivity index (χ0n) is 15.1. The molecule has 0 bridgehead atoms. The fourth-order valence-electron chi connectivity index (χ4n) is 3.98. The van der Waals surface area contributed by atoms with Crippen LogP contribution in [0.4, 0.5) is 0 Å². The van der Waals surface area contributed by atoms with Gasteiger partial charge in [0.25, 0.3) is 0 Å². The molecule has 2 aromatic rings. The second-order valence-corrected chi connectivity index (χ2v) is 6.95. The lowest BCUT2D eigenvalue weighted by molar-refractivity contribution is -0.120. The molecule has 5 rings (SSSR count). The van der Waals surface area contributed by atoms with Gasteiger partial charge in [0.05, 0.1) is 12.2 Å². The molecule has 27 heavy (non-hydrogen) atoms. The van der Waals surface area contributed by atoms with Gasteiger partial charge < -0.3 is 10.2 Å². The molecule has 7 nitrogen and oxygen atoms in total. The van der Waals surface area contributed by atoms with E-state index in [0.29, 0.717) is 6.54 Å². The molecule has 0 saturated heterocycles. The number of pyridine rings is 1. The van der Waals surface area contributed by atoms with E-state index in [1.165, 1.54) is 12.6 Å². The smallest absolute Gasteiger partial charge is 0.218 e. The van der Waals surface area contributed by atoms with Crippen LogP contribution in [0, 0.1) is 0 Å². The zero-order chi connectivity index (χ0) is 18.4. The number of aryl methyl sites for hydroxylation is 1. The second kappa shape index (κ2) is 6.19. The Hall–Kier alpha value is -3.22. The molecule has 0 aromatic carbocycles. The maximum Gasteiger partial charge on any atom is 0.218 e. The Kier molecular flexibility index (Phi) is 3.67. The van der Waals surface area contributed by atoms with Crippen LogP contribution in [0.3, 0.4) is 0 Å². The molecule has 0 saturated carbocycles. The molecular weight excluding hydrogens is 340 g/mol. The Balaban J connectivity index is 1.60. The molecule has 1 amide bonds. The number of aliphatic imine (C=N–C) groups is 1. The fourth-order valence-corrected chi connectivity index (χ4v) is 3.98. The molecule has 0 radical (unpaired) electrons. The Morgan fingerprint density at radius 3 is 3.04 bits per heavy atom. The third-order valence-corrected chi connectivity index (χ3v) is 5.12. The molecule has 1 unspecified atom stereocenters. The zero-order valence-corrected chi connectivity index (χ0v) is 15.1. The number of amides is 1. The average molecular weight is 360 g/mol. The van der Waals surface area contributed by atoms with E-state index in [2.05, 4.69) is 32.3 Å². The normalized spacial score (nSPS) is 20.2. The lowest BCUT2D eigenvalue weighted by Gasteiger charge is -2.27. The van der Waals surface area contributed by atoms with E-state index < -0.39 is 0 Å². The van der Waals surface area contributed by atoms with Crippen molar-refractivity contribution in [3.63, 3.8) is 0 Å². The van der Waals surface area contributed by atoms with Gasteiger partial charge in [0.1, 0.15) is 17.7 Å². The number of amidine groups is 1. The Labute approximate surface area is 157 Å². The van der Waals surface area contributed by atoms with Crippen LogP contribution in [-0.4, -0.2) is 44.1 Å². The van der Waals surface area contributed by atoms with Crippen LogP contribution < -0.4 is 5.32 Å². The van der Waals surface area contributed by atoms with E-state index >= 15 is 0 Å². The van der Waals surface area contributed by atoms with Crippen molar-refractivity contribution >= 4 is 17.3 Å². The number of hydrogen-bond donors (Lipinski definition) is 1. The summed E-state index contributed by atoms with van der Waals surface area (Å²) in [4.78, 5) is 22.6. The van der Waals surface area contributed by atoms with E-state index in [4.69, 9.17) is 5.10 Å². The lowest BCUT2D eigenvalue weighted by Crippen LogP contribution is -2.45. The molecule has 0 spiro atoms. The van der Waals surface area contributed by atoms with Crippen LogP contribution in [0.5, 0.6) is 0 Å². The first-order chi connectivity index (χ1) is 13.2. The van der Waals surface area contributed by atoms with Crippen LogP contribution in [0.25, 0.3) is 17.0 Å². The van der Waals surface area contributed by atoms with Gasteiger partial charge in [0.15, 0.2) is 0 Å². The third kappa shape index (κ3) is 2.66. The average Bonchev–Trinajstić information content (AvgIpc) is 3.36. The van der Waals surface area contributed by atoms with Crippen molar-refractivity contribution in [2.75, 3.05) is 6.54 Å². The van der Waals surface area contributed by atoms with E-state index in [-0.39, 0.29) is 12.1 Å². The van der Waals surface area contributed by atoms with Gasteiger partial charge in [-0.2, -0.15) is 5.10 Å². The van der Waals surface area contributed by atoms with Crippen LogP contribution in [-0.2, 0) is 17.8 Å². The summed E-state index contributed by atoms with van der Waals surface area (Å²) >= 11 is 0. The number of carbonyl (C=O) groups is 1. The van der Waals surface area contributed by atoms with Gasteiger partial charge in [-0.1, -0.05) is 6.07 Å². The standard InChI is InChI=1S/C20H20N6O/c1-13(27)23-18-11-22-17-8-7-14(12-25(17)18)19-16-6-4-10-26(16)24-20(19)15-5-2-3-9-21-15/h2-3,5,7-9,12,18H,4,6,10-11H2,1H3,(H,23,27). The number of nitrogens with zero attached hydrogens (tertiary/aromatic N) is 5. The first-order valence-electron chi connectivity index (χ1n) is 9.22. The van der Waals surface area contributed by atoms with E-state index in [1.807, 2.05) is 29.2 Å². The van der Waals surface area contributed by atoms with Gasteiger partial charge in [0, 0.05) is 42.7 Å². The number of fused-ring (bicyclic) bond motifs is 2. The van der Waals surface area contributed by atoms with Gasteiger partial charge >= 0.3 is 0 Å². The molecule has 7 heteroatoms. The highest BCUT2D eigenvalue weighted by molar-refractivity contribution is 6.02. The SMILES string of the molecule is CC(=O)NC1CN=C2C=CC(c3c(-c4ccccn4)nn4c3CCC4)=CN21. The highest BCUT2D eigenvalue weighted by atomic mass is 16.1. The Bertz CT molecular complexity index is 1000. The van der Waals surface area contributed by atoms with Crippen molar-refractivity contribution < 1.29 is 4.79 Å². The molecule has 3 aliphatic rings. The summed E-state index contributed by atoms with van der Waals surface area (Å²) in [5.41, 5.74) is 5.26. The minimum Gasteiger partial charge on any atom is -0.334 e. The van der Waals surface area contributed by atoms with E-state index in [0.717, 1.165) is 47.7 Å². The summed E-state index contributed by atoms with van der Waals surface area (Å²) in [5.74, 6) is 0.822. The van der Waals surface area contributed by atoms with Crippen molar-refractivity contribution in [3.05, 3.63) is 54.0 Å². The number of hydrogen-bond acceptors (Lipinski definition) is 5. The minimum atomic E-state index is -0.139. The molecule has 3 aliphatic heterocycles. The molecule has 1 N–H and O–H groups in total. The van der Waals surface area contributed by atoms with Crippen molar-refractivity contribution in [1.29, 1.82) is 0 Å². The monoisotopic (exact) mass is 360 g/mol. The largest absolute Gasteiger partial charge is 0.334 e. The van der Waals surface area contributed by atoms with Crippen LogP contribution in [0.15, 0.2) is 47.7 Å². The minimum absolute atomic E-state index is 0.0541. The van der Waals surface area contributed by atoms with Crippen LogP contribution in [0.2, 0.25) is 0 Å². The van der Waals surface area contributed by atoms with Gasteiger partial charge in [-0.3, -0.25) is 19.5 Å². The quantitative estimate of drug-likeness (QED) is 0.908. The van der Waals surface area contributed by atoms with E-state index in [1.54, 1.807) is 6.20 Å². The molecule has 5 heterocycles. The second-order valence-electron chi connectivity index (χ2n) is 6.95. The van der Waals surface area contributed by atoms with E-state index in [9.17, 15) is 4.79 Å². The molecule has 2 aromatic heterocycles. The van der Waals surface area contributed by atoms with Crippen molar-refractivity contribution in [1.82, 2.24) is 25.0 Å². The highest BCUT2D eigenvalue weighted by Crippen LogP contribution is 2.36. The summed E-state index contributed by atoms with van der Waals surface area (Å²) in [7, 11) is 0. The first kappa shape index (κ1) is 16.0. The number of aromatic nitrogens is 3. The van der Waals surface area contributed by atoms with Gasteiger partial charge in [-0.15, -0.1) is 0 Å². The number of nitrogens with one attached hydrogen (secondary N) is 1. The summed E-state index contributed by atoms with van der Waals surface area (Å²) in [6.45, 7) is 3.03. The van der Waals surface area contributed by atoms with Gasteiger partial charge in [-0.05, 0) is 37.1 Å². The first-order valence-corrected chi connectivity index (χ1v) is 9.22.